The molecule has 1 aromatic carbocycles. The molecular formula is C15H22ClNO2. The molecule has 0 aliphatic rings. The number of hydrogen-bond acceptors (Lipinski definition) is 3. The van der Waals surface area contributed by atoms with Crippen LogP contribution in [0.2, 0.25) is 5.02 Å². The van der Waals surface area contributed by atoms with Crippen molar-refractivity contribution in [3.05, 3.63) is 34.9 Å². The summed E-state index contributed by atoms with van der Waals surface area (Å²) in [5.41, 5.74) is 0.729. The van der Waals surface area contributed by atoms with E-state index >= 15 is 0 Å². The van der Waals surface area contributed by atoms with Gasteiger partial charge in [-0.05, 0) is 45.4 Å². The SMILES string of the molecule is C[C@@H](NCCC(=O)OC(C)(C)C)c1ccc(Cl)cc1. The average Bonchev–Trinajstić information content (AvgIpc) is 2.27. The van der Waals surface area contributed by atoms with E-state index in [9.17, 15) is 4.79 Å². The third-order valence-corrected chi connectivity index (χ3v) is 2.82. The molecule has 1 atom stereocenters. The highest BCUT2D eigenvalue weighted by Gasteiger charge is 2.16. The van der Waals surface area contributed by atoms with Gasteiger partial charge in [-0.2, -0.15) is 0 Å². The van der Waals surface area contributed by atoms with Crippen LogP contribution in [0.1, 0.15) is 45.7 Å². The van der Waals surface area contributed by atoms with E-state index in [2.05, 4.69) is 12.2 Å². The second-order valence-corrected chi connectivity index (χ2v) is 6.00. The second kappa shape index (κ2) is 6.92. The van der Waals surface area contributed by atoms with E-state index in [1.807, 2.05) is 45.0 Å². The van der Waals surface area contributed by atoms with Gasteiger partial charge in [0.15, 0.2) is 0 Å². The summed E-state index contributed by atoms with van der Waals surface area (Å²) >= 11 is 5.84. The molecule has 0 aliphatic heterocycles. The molecule has 1 aromatic rings. The smallest absolute Gasteiger partial charge is 0.307 e. The highest BCUT2D eigenvalue weighted by atomic mass is 35.5. The minimum Gasteiger partial charge on any atom is -0.460 e. The normalized spacial score (nSPS) is 13.1. The van der Waals surface area contributed by atoms with Crippen molar-refractivity contribution in [2.45, 2.75) is 45.8 Å². The standard InChI is InChI=1S/C15H22ClNO2/c1-11(12-5-7-13(16)8-6-12)17-10-9-14(18)19-15(2,3)4/h5-8,11,17H,9-10H2,1-4H3/t11-/m1/s1. The third-order valence-electron chi connectivity index (χ3n) is 2.57. The number of carbonyl (C=O) groups is 1. The first-order valence-electron chi connectivity index (χ1n) is 6.48. The predicted molar refractivity (Wildman–Crippen MR) is 78.3 cm³/mol. The summed E-state index contributed by atoms with van der Waals surface area (Å²) in [4.78, 5) is 11.5. The zero-order chi connectivity index (χ0) is 14.5. The minimum atomic E-state index is -0.418. The van der Waals surface area contributed by atoms with Crippen LogP contribution < -0.4 is 5.32 Å². The molecular weight excluding hydrogens is 262 g/mol. The first kappa shape index (κ1) is 16.0. The topological polar surface area (TPSA) is 38.3 Å². The zero-order valence-electron chi connectivity index (χ0n) is 12.0. The van der Waals surface area contributed by atoms with Crippen molar-refractivity contribution < 1.29 is 9.53 Å². The van der Waals surface area contributed by atoms with Crippen molar-refractivity contribution in [1.82, 2.24) is 5.32 Å². The Labute approximate surface area is 120 Å². The van der Waals surface area contributed by atoms with Crippen LogP contribution in [0.4, 0.5) is 0 Å². The molecule has 0 aliphatic carbocycles. The number of benzene rings is 1. The Bertz CT molecular complexity index is 409. The molecule has 0 radical (unpaired) electrons. The van der Waals surface area contributed by atoms with E-state index < -0.39 is 5.60 Å². The predicted octanol–water partition coefficient (Wildman–Crippen LogP) is 3.72. The number of carbonyl (C=O) groups excluding carboxylic acids is 1. The van der Waals surface area contributed by atoms with Gasteiger partial charge in [0, 0.05) is 17.6 Å². The summed E-state index contributed by atoms with van der Waals surface area (Å²) in [5, 5.41) is 4.02. The highest BCUT2D eigenvalue weighted by Crippen LogP contribution is 2.16. The number of halogens is 1. The Morgan fingerprint density at radius 1 is 1.32 bits per heavy atom. The first-order valence-corrected chi connectivity index (χ1v) is 6.86. The maximum atomic E-state index is 11.5. The fourth-order valence-electron chi connectivity index (χ4n) is 1.65. The molecule has 1 N–H and O–H groups in total. The van der Waals surface area contributed by atoms with Gasteiger partial charge in [0.1, 0.15) is 5.60 Å². The van der Waals surface area contributed by atoms with Gasteiger partial charge < -0.3 is 10.1 Å². The summed E-state index contributed by atoms with van der Waals surface area (Å²) in [7, 11) is 0. The van der Waals surface area contributed by atoms with Gasteiger partial charge in [-0.3, -0.25) is 4.79 Å². The lowest BCUT2D eigenvalue weighted by Crippen LogP contribution is -2.27. The zero-order valence-corrected chi connectivity index (χ0v) is 12.8. The van der Waals surface area contributed by atoms with Crippen molar-refractivity contribution in [3.63, 3.8) is 0 Å². The Morgan fingerprint density at radius 3 is 2.42 bits per heavy atom. The summed E-state index contributed by atoms with van der Waals surface area (Å²) in [6.45, 7) is 8.26. The molecule has 0 heterocycles. The molecule has 19 heavy (non-hydrogen) atoms. The Kier molecular flexibility index (Phi) is 5.83. The molecule has 0 aromatic heterocycles. The Hall–Kier alpha value is -1.06. The van der Waals surface area contributed by atoms with Gasteiger partial charge in [0.2, 0.25) is 0 Å². The molecule has 0 saturated heterocycles. The van der Waals surface area contributed by atoms with E-state index in [-0.39, 0.29) is 12.0 Å². The number of ether oxygens (including phenoxy) is 1. The van der Waals surface area contributed by atoms with E-state index in [0.717, 1.165) is 10.6 Å². The largest absolute Gasteiger partial charge is 0.460 e. The fourth-order valence-corrected chi connectivity index (χ4v) is 1.78. The summed E-state index contributed by atoms with van der Waals surface area (Å²) in [6.07, 6.45) is 0.370. The van der Waals surface area contributed by atoms with Crippen molar-refractivity contribution in [2.75, 3.05) is 6.54 Å². The van der Waals surface area contributed by atoms with Crippen LogP contribution in [0.3, 0.4) is 0 Å². The van der Waals surface area contributed by atoms with Crippen LogP contribution in [0, 0.1) is 0 Å². The van der Waals surface area contributed by atoms with E-state index in [1.165, 1.54) is 0 Å². The molecule has 0 unspecified atom stereocenters. The Morgan fingerprint density at radius 2 is 1.89 bits per heavy atom. The summed E-state index contributed by atoms with van der Waals surface area (Å²) in [5.74, 6) is -0.177. The number of rotatable bonds is 5. The molecule has 0 bridgehead atoms. The van der Waals surface area contributed by atoms with Gasteiger partial charge in [-0.1, -0.05) is 23.7 Å². The number of hydrogen-bond donors (Lipinski definition) is 1. The third kappa shape index (κ3) is 6.60. The van der Waals surface area contributed by atoms with Crippen LogP contribution in [0.5, 0.6) is 0 Å². The van der Waals surface area contributed by atoms with E-state index in [0.29, 0.717) is 13.0 Å². The number of nitrogens with one attached hydrogen (secondary N) is 1. The van der Waals surface area contributed by atoms with Crippen LogP contribution in [0.25, 0.3) is 0 Å². The Balaban J connectivity index is 2.33. The summed E-state index contributed by atoms with van der Waals surface area (Å²) < 4.78 is 5.24. The first-order chi connectivity index (χ1) is 8.78. The monoisotopic (exact) mass is 283 g/mol. The van der Waals surface area contributed by atoms with Crippen molar-refractivity contribution in [1.29, 1.82) is 0 Å². The van der Waals surface area contributed by atoms with Gasteiger partial charge in [0.25, 0.3) is 0 Å². The van der Waals surface area contributed by atoms with Crippen LogP contribution in [-0.2, 0) is 9.53 Å². The maximum Gasteiger partial charge on any atom is 0.307 e. The van der Waals surface area contributed by atoms with Crippen LogP contribution in [-0.4, -0.2) is 18.1 Å². The second-order valence-electron chi connectivity index (χ2n) is 5.56. The maximum absolute atomic E-state index is 11.5. The highest BCUT2D eigenvalue weighted by molar-refractivity contribution is 6.30. The summed E-state index contributed by atoms with van der Waals surface area (Å²) in [6, 6.07) is 7.87. The van der Waals surface area contributed by atoms with Gasteiger partial charge in [-0.15, -0.1) is 0 Å². The van der Waals surface area contributed by atoms with Crippen LogP contribution >= 0.6 is 11.6 Å². The molecule has 106 valence electrons. The molecule has 1 rings (SSSR count). The molecule has 4 heteroatoms. The van der Waals surface area contributed by atoms with Gasteiger partial charge in [-0.25, -0.2) is 0 Å². The van der Waals surface area contributed by atoms with Gasteiger partial charge in [0.05, 0.1) is 6.42 Å². The lowest BCUT2D eigenvalue weighted by atomic mass is 10.1. The van der Waals surface area contributed by atoms with E-state index in [4.69, 9.17) is 16.3 Å². The minimum absolute atomic E-state index is 0.177. The lowest BCUT2D eigenvalue weighted by Gasteiger charge is -2.20. The van der Waals surface area contributed by atoms with Crippen molar-refractivity contribution in [3.8, 4) is 0 Å². The molecule has 0 spiro atoms. The molecule has 0 amide bonds. The molecule has 0 fully saturated rings. The van der Waals surface area contributed by atoms with Crippen molar-refractivity contribution in [2.24, 2.45) is 0 Å². The lowest BCUT2D eigenvalue weighted by molar-refractivity contribution is -0.154. The van der Waals surface area contributed by atoms with Gasteiger partial charge >= 0.3 is 5.97 Å². The molecule has 0 saturated carbocycles. The average molecular weight is 284 g/mol. The molecule has 3 nitrogen and oxygen atoms in total. The fraction of sp³-hybridized carbons (Fsp3) is 0.533. The van der Waals surface area contributed by atoms with Crippen LogP contribution in [0.15, 0.2) is 24.3 Å². The number of esters is 1. The van der Waals surface area contributed by atoms with Crippen molar-refractivity contribution >= 4 is 17.6 Å². The van der Waals surface area contributed by atoms with E-state index in [1.54, 1.807) is 0 Å². The quantitative estimate of drug-likeness (QED) is 0.837.